The quantitative estimate of drug-likeness (QED) is 0.458. The van der Waals surface area contributed by atoms with E-state index in [1.54, 1.807) is 36.7 Å². The summed E-state index contributed by atoms with van der Waals surface area (Å²) in [7, 11) is 0. The van der Waals surface area contributed by atoms with Crippen molar-refractivity contribution in [1.82, 2.24) is 9.97 Å². The van der Waals surface area contributed by atoms with Crippen LogP contribution < -0.4 is 21.7 Å². The number of nitrogens with two attached hydrogens (primary N) is 2. The number of hydrogen-bond donors (Lipinski definition) is 3. The van der Waals surface area contributed by atoms with Gasteiger partial charge in [0.05, 0.1) is 29.0 Å². The zero-order chi connectivity index (χ0) is 24.9. The van der Waals surface area contributed by atoms with Crippen LogP contribution in [-0.2, 0) is 6.42 Å². The van der Waals surface area contributed by atoms with Crippen molar-refractivity contribution in [1.29, 1.82) is 0 Å². The number of benzene rings is 1. The number of nitrogens with zero attached hydrogens (tertiary/aromatic N) is 3. The van der Waals surface area contributed by atoms with Gasteiger partial charge in [0.15, 0.2) is 5.69 Å². The van der Waals surface area contributed by atoms with Crippen LogP contribution >= 0.6 is 0 Å². The molecule has 1 atom stereocenters. The Morgan fingerprint density at radius 3 is 2.86 bits per heavy atom. The molecule has 0 saturated carbocycles. The van der Waals surface area contributed by atoms with Crippen LogP contribution in [0.2, 0.25) is 0 Å². The smallest absolute Gasteiger partial charge is 0.276 e. The third-order valence-corrected chi connectivity index (χ3v) is 6.30. The van der Waals surface area contributed by atoms with Gasteiger partial charge in [-0.1, -0.05) is 19.9 Å². The zero-order valence-electron chi connectivity index (χ0n) is 20.3. The summed E-state index contributed by atoms with van der Waals surface area (Å²) >= 11 is 0. The Morgan fingerprint density at radius 1 is 1.26 bits per heavy atom. The highest BCUT2D eigenvalue weighted by molar-refractivity contribution is 6.07. The van der Waals surface area contributed by atoms with Gasteiger partial charge in [0, 0.05) is 30.9 Å². The first kappa shape index (κ1) is 24.6. The topological polar surface area (TPSA) is 110 Å². The molecule has 3 heterocycles. The van der Waals surface area contributed by atoms with Crippen LogP contribution in [0.25, 0.3) is 11.3 Å². The van der Waals surface area contributed by atoms with Gasteiger partial charge < -0.3 is 21.7 Å². The first-order valence-electron chi connectivity index (χ1n) is 12.1. The van der Waals surface area contributed by atoms with Crippen LogP contribution in [0.15, 0.2) is 48.8 Å². The number of rotatable bonds is 7. The Hall–Kier alpha value is -3.52. The molecule has 3 aromatic rings. The summed E-state index contributed by atoms with van der Waals surface area (Å²) in [6.07, 6.45) is 7.10. The minimum atomic E-state index is -0.476. The van der Waals surface area contributed by atoms with Gasteiger partial charge in [-0.05, 0) is 67.5 Å². The number of piperidine rings is 1. The highest BCUT2D eigenvalue weighted by Crippen LogP contribution is 2.29. The summed E-state index contributed by atoms with van der Waals surface area (Å²) in [6.45, 7) is 5.87. The van der Waals surface area contributed by atoms with E-state index in [1.807, 2.05) is 6.07 Å². The highest BCUT2D eigenvalue weighted by Gasteiger charge is 2.22. The van der Waals surface area contributed by atoms with Crippen LogP contribution in [-0.4, -0.2) is 35.0 Å². The van der Waals surface area contributed by atoms with E-state index in [2.05, 4.69) is 34.0 Å². The minimum Gasteiger partial charge on any atom is -0.397 e. The SMILES string of the molecule is CC(C)CCc1ccc(F)c(-c2ccc(N)c(C(=O)Nc3cnccc3N3CCC[C@H](N)C3)n2)c1. The average molecular weight is 477 g/mol. The molecule has 7 nitrogen and oxygen atoms in total. The van der Waals surface area contributed by atoms with Crippen LogP contribution in [0.5, 0.6) is 0 Å². The molecule has 1 aromatic carbocycles. The lowest BCUT2D eigenvalue weighted by molar-refractivity contribution is 0.102. The van der Waals surface area contributed by atoms with E-state index in [0.717, 1.165) is 43.5 Å². The van der Waals surface area contributed by atoms with Gasteiger partial charge in [-0.2, -0.15) is 0 Å². The molecule has 184 valence electrons. The molecule has 1 aliphatic heterocycles. The van der Waals surface area contributed by atoms with E-state index in [4.69, 9.17) is 11.5 Å². The molecular formula is C27H33FN6O. The standard InChI is InChI=1S/C27H33FN6O/c1-17(2)5-6-18-7-8-21(28)20(14-18)23-10-9-22(30)26(32-23)27(35)33-24-15-31-12-11-25(24)34-13-3-4-19(29)16-34/h7-12,14-15,17,19H,3-6,13,16,29-30H2,1-2H3,(H,33,35)/t19-/m0/s1. The van der Waals surface area contributed by atoms with Gasteiger partial charge in [-0.3, -0.25) is 9.78 Å². The molecule has 1 saturated heterocycles. The van der Waals surface area contributed by atoms with Crippen molar-refractivity contribution in [2.75, 3.05) is 29.0 Å². The van der Waals surface area contributed by atoms with E-state index in [1.165, 1.54) is 6.07 Å². The Labute approximate surface area is 205 Å². The molecule has 1 fully saturated rings. The number of nitrogen functional groups attached to an aromatic ring is 1. The van der Waals surface area contributed by atoms with Crippen molar-refractivity contribution in [2.45, 2.75) is 45.6 Å². The molecule has 5 N–H and O–H groups in total. The average Bonchev–Trinajstić information content (AvgIpc) is 2.84. The van der Waals surface area contributed by atoms with Gasteiger partial charge in [0.25, 0.3) is 5.91 Å². The lowest BCUT2D eigenvalue weighted by Gasteiger charge is -2.33. The normalized spacial score (nSPS) is 15.9. The summed E-state index contributed by atoms with van der Waals surface area (Å²) in [5, 5.41) is 2.90. The van der Waals surface area contributed by atoms with Crippen molar-refractivity contribution in [2.24, 2.45) is 11.7 Å². The molecule has 1 aliphatic rings. The van der Waals surface area contributed by atoms with E-state index >= 15 is 0 Å². The van der Waals surface area contributed by atoms with Gasteiger partial charge in [-0.15, -0.1) is 0 Å². The minimum absolute atomic E-state index is 0.0413. The van der Waals surface area contributed by atoms with Crippen molar-refractivity contribution >= 4 is 23.0 Å². The molecule has 35 heavy (non-hydrogen) atoms. The fraction of sp³-hybridized carbons (Fsp3) is 0.370. The second kappa shape index (κ2) is 10.8. The number of nitrogens with one attached hydrogen (secondary N) is 1. The highest BCUT2D eigenvalue weighted by atomic mass is 19.1. The van der Waals surface area contributed by atoms with E-state index < -0.39 is 11.7 Å². The van der Waals surface area contributed by atoms with Gasteiger partial charge >= 0.3 is 0 Å². The van der Waals surface area contributed by atoms with Crippen LogP contribution in [0.4, 0.5) is 21.5 Å². The molecule has 8 heteroatoms. The largest absolute Gasteiger partial charge is 0.397 e. The predicted octanol–water partition coefficient (Wildman–Crippen LogP) is 4.63. The Balaban J connectivity index is 1.60. The van der Waals surface area contributed by atoms with Crippen molar-refractivity contribution in [3.63, 3.8) is 0 Å². The zero-order valence-corrected chi connectivity index (χ0v) is 20.3. The first-order valence-corrected chi connectivity index (χ1v) is 12.1. The van der Waals surface area contributed by atoms with E-state index in [0.29, 0.717) is 29.4 Å². The van der Waals surface area contributed by atoms with Crippen molar-refractivity contribution < 1.29 is 9.18 Å². The third kappa shape index (κ3) is 5.95. The number of carbonyl (C=O) groups excluding carboxylic acids is 1. The first-order chi connectivity index (χ1) is 16.8. The number of hydrogen-bond acceptors (Lipinski definition) is 6. The van der Waals surface area contributed by atoms with Crippen LogP contribution in [0, 0.1) is 11.7 Å². The second-order valence-corrected chi connectivity index (χ2v) is 9.58. The van der Waals surface area contributed by atoms with Gasteiger partial charge in [-0.25, -0.2) is 9.37 Å². The summed E-state index contributed by atoms with van der Waals surface area (Å²) in [5.74, 6) is -0.319. The lowest BCUT2D eigenvalue weighted by Crippen LogP contribution is -2.43. The van der Waals surface area contributed by atoms with Crippen molar-refractivity contribution in [3.8, 4) is 11.3 Å². The van der Waals surface area contributed by atoms with Crippen molar-refractivity contribution in [3.05, 3.63) is 65.9 Å². The Kier molecular flexibility index (Phi) is 7.60. The van der Waals surface area contributed by atoms with E-state index in [9.17, 15) is 9.18 Å². The lowest BCUT2D eigenvalue weighted by atomic mass is 9.99. The number of carbonyl (C=O) groups is 1. The fourth-order valence-electron chi connectivity index (χ4n) is 4.35. The maximum absolute atomic E-state index is 14.7. The van der Waals surface area contributed by atoms with Gasteiger partial charge in [0.2, 0.25) is 0 Å². The fourth-order valence-corrected chi connectivity index (χ4v) is 4.35. The van der Waals surface area contributed by atoms with Crippen LogP contribution in [0.1, 0.15) is 49.2 Å². The molecule has 2 aromatic heterocycles. The number of anilines is 3. The molecule has 0 bridgehead atoms. The number of aromatic nitrogens is 2. The number of aryl methyl sites for hydroxylation is 1. The van der Waals surface area contributed by atoms with Crippen LogP contribution in [0.3, 0.4) is 0 Å². The third-order valence-electron chi connectivity index (χ3n) is 6.30. The molecule has 4 rings (SSSR count). The molecule has 0 radical (unpaired) electrons. The molecule has 0 unspecified atom stereocenters. The molecule has 1 amide bonds. The maximum Gasteiger partial charge on any atom is 0.276 e. The number of pyridine rings is 2. The monoisotopic (exact) mass is 476 g/mol. The summed E-state index contributed by atoms with van der Waals surface area (Å²) in [4.78, 5) is 24.0. The Bertz CT molecular complexity index is 1200. The summed E-state index contributed by atoms with van der Waals surface area (Å²) in [6, 6.07) is 10.2. The molecule has 0 spiro atoms. The predicted molar refractivity (Wildman–Crippen MR) is 139 cm³/mol. The maximum atomic E-state index is 14.7. The second-order valence-electron chi connectivity index (χ2n) is 9.58. The summed E-state index contributed by atoms with van der Waals surface area (Å²) < 4.78 is 14.7. The van der Waals surface area contributed by atoms with E-state index in [-0.39, 0.29) is 17.4 Å². The number of halogens is 1. The molecular weight excluding hydrogens is 443 g/mol. The number of amides is 1. The summed E-state index contributed by atoms with van der Waals surface area (Å²) in [5.41, 5.74) is 15.7. The Morgan fingerprint density at radius 2 is 2.09 bits per heavy atom. The molecule has 0 aliphatic carbocycles. The van der Waals surface area contributed by atoms with Gasteiger partial charge in [0.1, 0.15) is 5.82 Å².